The van der Waals surface area contributed by atoms with Crippen molar-refractivity contribution in [2.45, 2.75) is 56.2 Å². The van der Waals surface area contributed by atoms with Crippen LogP contribution in [0.3, 0.4) is 0 Å². The van der Waals surface area contributed by atoms with Crippen molar-refractivity contribution in [1.29, 1.82) is 0 Å². The Balaban J connectivity index is 2.07. The standard InChI is InChI=1S/C13H22N2O5S/c14-21(19,20)10-7-12(16)15(8-10)11(13(17)18)6-9-4-2-1-3-5-9/h9-11H,1-8H2,(H,17,18)(H2,14,19,20)/t10?,11-/m0/s1. The monoisotopic (exact) mass is 318 g/mol. The Kier molecular flexibility index (Phi) is 4.88. The summed E-state index contributed by atoms with van der Waals surface area (Å²) < 4.78 is 22.7. The molecule has 2 rings (SSSR count). The molecule has 8 heteroatoms. The van der Waals surface area contributed by atoms with E-state index in [0.29, 0.717) is 12.3 Å². The molecule has 2 aliphatic rings. The lowest BCUT2D eigenvalue weighted by molar-refractivity contribution is -0.149. The normalized spacial score (nSPS) is 26.0. The van der Waals surface area contributed by atoms with E-state index in [-0.39, 0.29) is 13.0 Å². The largest absolute Gasteiger partial charge is 0.480 e. The number of carboxylic acids is 1. The molecule has 1 aliphatic heterocycles. The minimum atomic E-state index is -3.82. The van der Waals surface area contributed by atoms with Crippen LogP contribution >= 0.6 is 0 Å². The third kappa shape index (κ3) is 3.94. The third-order valence-electron chi connectivity index (χ3n) is 4.53. The Morgan fingerprint density at radius 3 is 2.43 bits per heavy atom. The molecule has 2 atom stereocenters. The number of primary sulfonamides is 1. The van der Waals surface area contributed by atoms with Crippen LogP contribution in [0.15, 0.2) is 0 Å². The fraction of sp³-hybridized carbons (Fsp3) is 0.846. The summed E-state index contributed by atoms with van der Waals surface area (Å²) in [6.07, 6.45) is 5.49. The molecule has 1 saturated carbocycles. The average Bonchev–Trinajstić information content (AvgIpc) is 2.79. The highest BCUT2D eigenvalue weighted by atomic mass is 32.2. The van der Waals surface area contributed by atoms with E-state index in [1.165, 1.54) is 11.3 Å². The predicted octanol–water partition coefficient (Wildman–Crippen LogP) is 0.299. The van der Waals surface area contributed by atoms with Crippen molar-refractivity contribution in [1.82, 2.24) is 4.90 Å². The minimum Gasteiger partial charge on any atom is -0.480 e. The molecule has 0 spiro atoms. The number of carbonyl (C=O) groups is 2. The van der Waals surface area contributed by atoms with Gasteiger partial charge in [-0.2, -0.15) is 0 Å². The second kappa shape index (κ2) is 6.31. The molecular formula is C13H22N2O5S. The van der Waals surface area contributed by atoms with Gasteiger partial charge in [-0.1, -0.05) is 32.1 Å². The van der Waals surface area contributed by atoms with Gasteiger partial charge < -0.3 is 10.0 Å². The Morgan fingerprint density at radius 2 is 1.95 bits per heavy atom. The minimum absolute atomic E-state index is 0.110. The molecular weight excluding hydrogens is 296 g/mol. The summed E-state index contributed by atoms with van der Waals surface area (Å²) in [5, 5.41) is 13.5. The molecule has 0 aromatic heterocycles. The molecule has 3 N–H and O–H groups in total. The van der Waals surface area contributed by atoms with Gasteiger partial charge in [-0.25, -0.2) is 18.4 Å². The lowest BCUT2D eigenvalue weighted by Crippen LogP contribution is -2.44. The summed E-state index contributed by atoms with van der Waals surface area (Å²) >= 11 is 0. The number of amides is 1. The van der Waals surface area contributed by atoms with Crippen LogP contribution in [0, 0.1) is 5.92 Å². The maximum Gasteiger partial charge on any atom is 0.326 e. The molecule has 2 fully saturated rings. The van der Waals surface area contributed by atoms with Gasteiger partial charge in [0.2, 0.25) is 15.9 Å². The van der Waals surface area contributed by atoms with Crippen LogP contribution in [0.1, 0.15) is 44.9 Å². The van der Waals surface area contributed by atoms with E-state index in [1.807, 2.05) is 0 Å². The first-order chi connectivity index (χ1) is 9.79. The summed E-state index contributed by atoms with van der Waals surface area (Å²) in [6.45, 7) is -0.110. The van der Waals surface area contributed by atoms with Gasteiger partial charge in [-0.15, -0.1) is 0 Å². The first kappa shape index (κ1) is 16.2. The van der Waals surface area contributed by atoms with Crippen LogP contribution in [0.4, 0.5) is 0 Å². The van der Waals surface area contributed by atoms with Crippen molar-refractivity contribution in [3.63, 3.8) is 0 Å². The summed E-state index contributed by atoms with van der Waals surface area (Å²) in [4.78, 5) is 24.6. The van der Waals surface area contributed by atoms with Crippen molar-refractivity contribution < 1.29 is 23.1 Å². The van der Waals surface area contributed by atoms with Gasteiger partial charge in [0.1, 0.15) is 11.3 Å². The zero-order chi connectivity index (χ0) is 15.6. The molecule has 1 amide bonds. The first-order valence-electron chi connectivity index (χ1n) is 7.33. The Labute approximate surface area is 124 Å². The van der Waals surface area contributed by atoms with Gasteiger partial charge in [-0.05, 0) is 12.3 Å². The molecule has 7 nitrogen and oxygen atoms in total. The van der Waals surface area contributed by atoms with E-state index in [0.717, 1.165) is 25.7 Å². The maximum absolute atomic E-state index is 12.0. The van der Waals surface area contributed by atoms with Crippen LogP contribution in [0.25, 0.3) is 0 Å². The van der Waals surface area contributed by atoms with Gasteiger partial charge in [-0.3, -0.25) is 4.79 Å². The second-order valence-corrected chi connectivity index (χ2v) is 7.90. The topological polar surface area (TPSA) is 118 Å². The van der Waals surface area contributed by atoms with Crippen molar-refractivity contribution in [3.05, 3.63) is 0 Å². The quantitative estimate of drug-likeness (QED) is 0.756. The number of hydrogen-bond donors (Lipinski definition) is 2. The summed E-state index contributed by atoms with van der Waals surface area (Å²) in [7, 11) is -3.82. The number of hydrogen-bond acceptors (Lipinski definition) is 4. The summed E-state index contributed by atoms with van der Waals surface area (Å²) in [5.41, 5.74) is 0. The van der Waals surface area contributed by atoms with E-state index in [1.54, 1.807) is 0 Å². The van der Waals surface area contributed by atoms with Crippen LogP contribution in [0.2, 0.25) is 0 Å². The smallest absolute Gasteiger partial charge is 0.326 e. The summed E-state index contributed by atoms with van der Waals surface area (Å²) in [5.74, 6) is -1.21. The second-order valence-electron chi connectivity index (χ2n) is 6.06. The van der Waals surface area contributed by atoms with E-state index in [2.05, 4.69) is 0 Å². The molecule has 1 heterocycles. The number of carbonyl (C=O) groups excluding carboxylic acids is 1. The molecule has 1 unspecified atom stereocenters. The Hall–Kier alpha value is -1.15. The number of sulfonamides is 1. The molecule has 0 aromatic carbocycles. The number of nitrogens with two attached hydrogens (primary N) is 1. The van der Waals surface area contributed by atoms with Crippen LogP contribution in [0.5, 0.6) is 0 Å². The van der Waals surface area contributed by atoms with Gasteiger partial charge in [0.05, 0.1) is 0 Å². The van der Waals surface area contributed by atoms with Crippen LogP contribution in [-0.4, -0.2) is 48.1 Å². The molecule has 0 bridgehead atoms. The zero-order valence-electron chi connectivity index (χ0n) is 11.9. The zero-order valence-corrected chi connectivity index (χ0v) is 12.7. The van der Waals surface area contributed by atoms with Gasteiger partial charge in [0.15, 0.2) is 0 Å². The number of carboxylic acid groups (broad SMARTS) is 1. The fourth-order valence-corrected chi connectivity index (χ4v) is 4.06. The highest BCUT2D eigenvalue weighted by Crippen LogP contribution is 2.30. The Morgan fingerprint density at radius 1 is 1.33 bits per heavy atom. The highest BCUT2D eigenvalue weighted by Gasteiger charge is 2.42. The molecule has 0 radical (unpaired) electrons. The summed E-state index contributed by atoms with van der Waals surface area (Å²) in [6, 6.07) is -0.938. The van der Waals surface area contributed by atoms with Gasteiger partial charge >= 0.3 is 5.97 Å². The van der Waals surface area contributed by atoms with E-state index in [4.69, 9.17) is 5.14 Å². The number of likely N-dealkylation sites (tertiary alicyclic amines) is 1. The van der Waals surface area contributed by atoms with Gasteiger partial charge in [0.25, 0.3) is 0 Å². The fourth-order valence-electron chi connectivity index (χ4n) is 3.32. The molecule has 0 aromatic rings. The number of aliphatic carboxylic acids is 1. The number of nitrogens with zero attached hydrogens (tertiary/aromatic N) is 1. The van der Waals surface area contributed by atoms with Gasteiger partial charge in [0, 0.05) is 13.0 Å². The van der Waals surface area contributed by atoms with E-state index >= 15 is 0 Å². The first-order valence-corrected chi connectivity index (χ1v) is 8.94. The predicted molar refractivity (Wildman–Crippen MR) is 75.8 cm³/mol. The molecule has 1 aliphatic carbocycles. The van der Waals surface area contributed by atoms with E-state index < -0.39 is 33.2 Å². The van der Waals surface area contributed by atoms with Crippen molar-refractivity contribution in [2.24, 2.45) is 11.1 Å². The van der Waals surface area contributed by atoms with Crippen molar-refractivity contribution >= 4 is 21.9 Å². The van der Waals surface area contributed by atoms with Crippen LogP contribution in [-0.2, 0) is 19.6 Å². The third-order valence-corrected chi connectivity index (χ3v) is 5.78. The average molecular weight is 318 g/mol. The number of rotatable bonds is 5. The SMILES string of the molecule is NS(=O)(=O)C1CC(=O)N([C@@H](CC2CCCCC2)C(=O)O)C1. The lowest BCUT2D eigenvalue weighted by Gasteiger charge is -2.30. The van der Waals surface area contributed by atoms with E-state index in [9.17, 15) is 23.1 Å². The van der Waals surface area contributed by atoms with Crippen molar-refractivity contribution in [2.75, 3.05) is 6.54 Å². The highest BCUT2D eigenvalue weighted by molar-refractivity contribution is 7.89. The van der Waals surface area contributed by atoms with Crippen LogP contribution < -0.4 is 5.14 Å². The molecule has 120 valence electrons. The molecule has 21 heavy (non-hydrogen) atoms. The maximum atomic E-state index is 12.0. The molecule has 1 saturated heterocycles. The Bertz CT molecular complexity index is 513. The van der Waals surface area contributed by atoms with Crippen molar-refractivity contribution in [3.8, 4) is 0 Å². The lowest BCUT2D eigenvalue weighted by atomic mass is 9.84.